The fraction of sp³-hybridized carbons (Fsp3) is 0.529. The summed E-state index contributed by atoms with van der Waals surface area (Å²) in [6.45, 7) is 7.48. The van der Waals surface area contributed by atoms with E-state index in [0.29, 0.717) is 11.2 Å². The molecule has 1 saturated heterocycles. The summed E-state index contributed by atoms with van der Waals surface area (Å²) in [5, 5.41) is 0. The number of fused-ring (bicyclic) bond motifs is 1. The number of nitrogens with zero attached hydrogens (tertiary/aromatic N) is 3. The van der Waals surface area contributed by atoms with E-state index < -0.39 is 11.7 Å². The summed E-state index contributed by atoms with van der Waals surface area (Å²) < 4.78 is 7.18. The molecule has 0 radical (unpaired) electrons. The van der Waals surface area contributed by atoms with Gasteiger partial charge in [0.15, 0.2) is 0 Å². The number of rotatable bonds is 1. The Hall–Kier alpha value is -2.08. The lowest BCUT2D eigenvalue weighted by atomic mass is 10.1. The van der Waals surface area contributed by atoms with Gasteiger partial charge in [0, 0.05) is 18.2 Å². The van der Waals surface area contributed by atoms with Crippen LogP contribution in [0.3, 0.4) is 0 Å². The molecule has 3 rings (SSSR count). The van der Waals surface area contributed by atoms with E-state index in [1.54, 1.807) is 16.7 Å². The largest absolute Gasteiger partial charge is 0.443 e. The third-order valence-corrected chi connectivity index (χ3v) is 4.04. The van der Waals surface area contributed by atoms with Crippen LogP contribution in [-0.4, -0.2) is 46.3 Å². The van der Waals surface area contributed by atoms with Crippen molar-refractivity contribution in [2.24, 2.45) is 0 Å². The van der Waals surface area contributed by atoms with Crippen LogP contribution in [0.2, 0.25) is 0 Å². The summed E-state index contributed by atoms with van der Waals surface area (Å²) in [6, 6.07) is 5.45. The number of nitrogen functional groups attached to an aromatic ring is 1. The highest BCUT2D eigenvalue weighted by Gasteiger charge is 2.30. The average molecular weight is 316 g/mol. The van der Waals surface area contributed by atoms with E-state index in [-0.39, 0.29) is 5.92 Å². The summed E-state index contributed by atoms with van der Waals surface area (Å²) in [4.78, 5) is 19.7. The molecule has 1 fully saturated rings. The van der Waals surface area contributed by atoms with E-state index in [1.165, 1.54) is 0 Å². The normalized spacial score (nSPS) is 19.4. The zero-order valence-corrected chi connectivity index (χ0v) is 14.2. The number of hydrogen-bond donors (Lipinski definition) is 1. The lowest BCUT2D eigenvalue weighted by Crippen LogP contribution is -2.29. The molecular weight excluding hydrogens is 292 g/mol. The number of hydrogen-bond acceptors (Lipinski definition) is 5. The van der Waals surface area contributed by atoms with Crippen molar-refractivity contribution in [1.29, 1.82) is 0 Å². The lowest BCUT2D eigenvalue weighted by molar-refractivity contribution is 0.0537. The highest BCUT2D eigenvalue weighted by atomic mass is 16.6. The van der Waals surface area contributed by atoms with Gasteiger partial charge in [-0.3, -0.25) is 0 Å². The standard InChI is InChI=1S/C17H24N4O2/c1-17(2,3)23-16(22)21-14-9-12(18)5-6-13(14)19-15(21)11-7-8-20(4)10-11/h5-6,9,11H,7-8,10,18H2,1-4H3. The third-order valence-electron chi connectivity index (χ3n) is 4.04. The van der Waals surface area contributed by atoms with Crippen LogP contribution in [0.1, 0.15) is 38.9 Å². The predicted molar refractivity (Wildman–Crippen MR) is 90.6 cm³/mol. The first-order valence-corrected chi connectivity index (χ1v) is 7.94. The minimum Gasteiger partial charge on any atom is -0.443 e. The zero-order chi connectivity index (χ0) is 16.8. The molecule has 0 spiro atoms. The molecule has 23 heavy (non-hydrogen) atoms. The SMILES string of the molecule is CN1CCC(c2nc3ccc(N)cc3n2C(=O)OC(C)(C)C)C1. The molecule has 124 valence electrons. The molecule has 1 aliphatic heterocycles. The van der Waals surface area contributed by atoms with E-state index in [4.69, 9.17) is 15.5 Å². The molecule has 1 aliphatic rings. The van der Waals surface area contributed by atoms with Gasteiger partial charge in [0.05, 0.1) is 11.0 Å². The van der Waals surface area contributed by atoms with Crippen molar-refractivity contribution in [2.75, 3.05) is 25.9 Å². The Morgan fingerprint density at radius 2 is 2.13 bits per heavy atom. The minimum absolute atomic E-state index is 0.223. The minimum atomic E-state index is -0.558. The Morgan fingerprint density at radius 3 is 2.74 bits per heavy atom. The van der Waals surface area contributed by atoms with Gasteiger partial charge in [-0.05, 0) is 59.0 Å². The number of carbonyl (C=O) groups is 1. The van der Waals surface area contributed by atoms with Crippen LogP contribution in [-0.2, 0) is 4.74 Å². The average Bonchev–Trinajstić information content (AvgIpc) is 2.99. The smallest absolute Gasteiger partial charge is 0.420 e. The molecule has 6 heteroatoms. The molecule has 6 nitrogen and oxygen atoms in total. The number of anilines is 1. The van der Waals surface area contributed by atoms with Crippen molar-refractivity contribution >= 4 is 22.8 Å². The maximum Gasteiger partial charge on any atom is 0.420 e. The maximum atomic E-state index is 12.8. The van der Waals surface area contributed by atoms with Gasteiger partial charge in [0.1, 0.15) is 11.4 Å². The third kappa shape index (κ3) is 3.17. The fourth-order valence-electron chi connectivity index (χ4n) is 3.03. The first kappa shape index (κ1) is 15.8. The molecule has 2 N–H and O–H groups in total. The Balaban J connectivity index is 2.11. The van der Waals surface area contributed by atoms with Crippen molar-refractivity contribution in [3.8, 4) is 0 Å². The van der Waals surface area contributed by atoms with E-state index in [9.17, 15) is 4.79 Å². The number of aromatic nitrogens is 2. The predicted octanol–water partition coefficient (Wildman–Crippen LogP) is 2.82. The Labute approximate surface area is 136 Å². The molecular formula is C17H24N4O2. The van der Waals surface area contributed by atoms with Crippen LogP contribution < -0.4 is 5.73 Å². The van der Waals surface area contributed by atoms with Gasteiger partial charge in [-0.25, -0.2) is 14.3 Å². The van der Waals surface area contributed by atoms with E-state index >= 15 is 0 Å². The van der Waals surface area contributed by atoms with Crippen molar-refractivity contribution in [1.82, 2.24) is 14.5 Å². The lowest BCUT2D eigenvalue weighted by Gasteiger charge is -2.21. The number of likely N-dealkylation sites (N-methyl/N-ethyl adjacent to an activating group) is 1. The van der Waals surface area contributed by atoms with Gasteiger partial charge in [-0.2, -0.15) is 0 Å². The second kappa shape index (κ2) is 5.53. The second-order valence-electron chi connectivity index (χ2n) is 7.28. The van der Waals surface area contributed by atoms with Gasteiger partial charge < -0.3 is 15.4 Å². The first-order chi connectivity index (χ1) is 10.7. The van der Waals surface area contributed by atoms with Gasteiger partial charge in [-0.15, -0.1) is 0 Å². The molecule has 2 heterocycles. The number of nitrogens with two attached hydrogens (primary N) is 1. The Morgan fingerprint density at radius 1 is 1.39 bits per heavy atom. The summed E-state index contributed by atoms with van der Waals surface area (Å²) in [7, 11) is 2.08. The second-order valence-corrected chi connectivity index (χ2v) is 7.28. The van der Waals surface area contributed by atoms with E-state index in [0.717, 1.165) is 30.9 Å². The van der Waals surface area contributed by atoms with Gasteiger partial charge in [-0.1, -0.05) is 0 Å². The highest BCUT2D eigenvalue weighted by molar-refractivity contribution is 5.89. The maximum absolute atomic E-state index is 12.8. The van der Waals surface area contributed by atoms with E-state index in [1.807, 2.05) is 26.8 Å². The van der Waals surface area contributed by atoms with Crippen LogP contribution in [0.15, 0.2) is 18.2 Å². The monoisotopic (exact) mass is 316 g/mol. The number of benzene rings is 1. The summed E-state index contributed by atoms with van der Waals surface area (Å²) in [5.74, 6) is 0.991. The Bertz CT molecular complexity index is 745. The van der Waals surface area contributed by atoms with Crippen molar-refractivity contribution in [3.63, 3.8) is 0 Å². The number of ether oxygens (including phenoxy) is 1. The van der Waals surface area contributed by atoms with Gasteiger partial charge in [0.2, 0.25) is 0 Å². The van der Waals surface area contributed by atoms with Crippen molar-refractivity contribution in [3.05, 3.63) is 24.0 Å². The number of carbonyl (C=O) groups excluding carboxylic acids is 1. The van der Waals surface area contributed by atoms with Crippen LogP contribution >= 0.6 is 0 Å². The van der Waals surface area contributed by atoms with Gasteiger partial charge in [0.25, 0.3) is 0 Å². The fourth-order valence-corrected chi connectivity index (χ4v) is 3.03. The summed E-state index contributed by atoms with van der Waals surface area (Å²) >= 11 is 0. The molecule has 1 unspecified atom stereocenters. The zero-order valence-electron chi connectivity index (χ0n) is 14.2. The van der Waals surface area contributed by atoms with Crippen LogP contribution in [0.4, 0.5) is 10.5 Å². The first-order valence-electron chi connectivity index (χ1n) is 7.94. The molecule has 0 amide bonds. The quantitative estimate of drug-likeness (QED) is 0.819. The van der Waals surface area contributed by atoms with E-state index in [2.05, 4.69) is 11.9 Å². The van der Waals surface area contributed by atoms with Crippen LogP contribution in [0.5, 0.6) is 0 Å². The molecule has 1 aromatic carbocycles. The van der Waals surface area contributed by atoms with Crippen molar-refractivity contribution in [2.45, 2.75) is 38.7 Å². The van der Waals surface area contributed by atoms with Crippen molar-refractivity contribution < 1.29 is 9.53 Å². The topological polar surface area (TPSA) is 73.4 Å². The molecule has 1 aromatic heterocycles. The van der Waals surface area contributed by atoms with Crippen LogP contribution in [0, 0.1) is 0 Å². The highest BCUT2D eigenvalue weighted by Crippen LogP contribution is 2.30. The molecule has 1 atom stereocenters. The van der Waals surface area contributed by atoms with Crippen LogP contribution in [0.25, 0.3) is 11.0 Å². The van der Waals surface area contributed by atoms with Gasteiger partial charge >= 0.3 is 6.09 Å². The Kier molecular flexibility index (Phi) is 3.80. The molecule has 0 aliphatic carbocycles. The molecule has 0 saturated carbocycles. The summed E-state index contributed by atoms with van der Waals surface area (Å²) in [6.07, 6.45) is 0.591. The molecule has 0 bridgehead atoms. The number of likely N-dealkylation sites (tertiary alicyclic amines) is 1. The molecule has 2 aromatic rings. The number of imidazole rings is 1. The summed E-state index contributed by atoms with van der Waals surface area (Å²) in [5.41, 5.74) is 7.44.